The molecule has 0 saturated carbocycles. The molecule has 1 fully saturated rings. The second-order valence-corrected chi connectivity index (χ2v) is 6.77. The van der Waals surface area contributed by atoms with Gasteiger partial charge >= 0.3 is 5.97 Å². The molecule has 2 atom stereocenters. The van der Waals surface area contributed by atoms with Gasteiger partial charge in [-0.15, -0.1) is 0 Å². The highest BCUT2D eigenvalue weighted by Gasteiger charge is 2.51. The summed E-state index contributed by atoms with van der Waals surface area (Å²) < 4.78 is 11.3. The number of anilines is 1. The first-order chi connectivity index (χ1) is 11.9. The molecule has 0 aromatic heterocycles. The van der Waals surface area contributed by atoms with Crippen LogP contribution in [0.25, 0.3) is 0 Å². The standard InChI is InChI=1S/C19H18BrNO4/c1-11-4-9-16(15(20)10-11)21-17(18(19(21)23)25-12(2)22)13-5-7-14(24-3)8-6-13/h4-10,17-18H,1-3H3/t17-,18-/m0/s1. The van der Waals surface area contributed by atoms with Crippen molar-refractivity contribution in [3.63, 3.8) is 0 Å². The highest BCUT2D eigenvalue weighted by molar-refractivity contribution is 9.10. The summed E-state index contributed by atoms with van der Waals surface area (Å²) in [4.78, 5) is 25.7. The Morgan fingerprint density at radius 1 is 1.16 bits per heavy atom. The number of carbonyl (C=O) groups is 2. The monoisotopic (exact) mass is 403 g/mol. The maximum Gasteiger partial charge on any atom is 0.303 e. The van der Waals surface area contributed by atoms with E-state index in [4.69, 9.17) is 9.47 Å². The van der Waals surface area contributed by atoms with E-state index in [1.54, 1.807) is 12.0 Å². The number of hydrogen-bond acceptors (Lipinski definition) is 4. The summed E-state index contributed by atoms with van der Waals surface area (Å²) >= 11 is 3.52. The zero-order valence-electron chi connectivity index (χ0n) is 14.2. The van der Waals surface area contributed by atoms with Crippen LogP contribution in [0.5, 0.6) is 5.75 Å². The number of esters is 1. The second-order valence-electron chi connectivity index (χ2n) is 5.91. The molecule has 1 aliphatic rings. The molecule has 25 heavy (non-hydrogen) atoms. The molecule has 1 heterocycles. The summed E-state index contributed by atoms with van der Waals surface area (Å²) in [5.74, 6) is 0.0153. The number of methoxy groups -OCH3 is 1. The number of β-lactam (4-membered cyclic amide) rings is 1. The minimum Gasteiger partial charge on any atom is -0.497 e. The molecule has 0 N–H and O–H groups in total. The highest BCUT2D eigenvalue weighted by atomic mass is 79.9. The summed E-state index contributed by atoms with van der Waals surface area (Å²) in [6.45, 7) is 3.29. The average Bonchev–Trinajstić information content (AvgIpc) is 2.58. The van der Waals surface area contributed by atoms with Crippen LogP contribution in [0.4, 0.5) is 5.69 Å². The Hall–Kier alpha value is -2.34. The number of halogens is 1. The first-order valence-electron chi connectivity index (χ1n) is 7.82. The smallest absolute Gasteiger partial charge is 0.303 e. The Labute approximate surface area is 154 Å². The predicted molar refractivity (Wildman–Crippen MR) is 97.7 cm³/mol. The van der Waals surface area contributed by atoms with E-state index in [-0.39, 0.29) is 11.9 Å². The lowest BCUT2D eigenvalue weighted by Gasteiger charge is -2.46. The highest BCUT2D eigenvalue weighted by Crippen LogP contribution is 2.44. The number of carbonyl (C=O) groups excluding carboxylic acids is 2. The Balaban J connectivity index is 2.00. The zero-order chi connectivity index (χ0) is 18.1. The van der Waals surface area contributed by atoms with Gasteiger partial charge in [-0.2, -0.15) is 0 Å². The molecule has 6 heteroatoms. The summed E-state index contributed by atoms with van der Waals surface area (Å²) in [6.07, 6.45) is -0.820. The van der Waals surface area contributed by atoms with Gasteiger partial charge in [0.1, 0.15) is 11.8 Å². The van der Waals surface area contributed by atoms with Crippen LogP contribution in [0.1, 0.15) is 24.1 Å². The fraction of sp³-hybridized carbons (Fsp3) is 0.263. The molecular weight excluding hydrogens is 386 g/mol. The number of rotatable bonds is 4. The molecule has 5 nitrogen and oxygen atoms in total. The van der Waals surface area contributed by atoms with Crippen molar-refractivity contribution in [2.75, 3.05) is 12.0 Å². The molecule has 130 valence electrons. The van der Waals surface area contributed by atoms with E-state index in [9.17, 15) is 9.59 Å². The van der Waals surface area contributed by atoms with Crippen molar-refractivity contribution in [2.45, 2.75) is 26.0 Å². The van der Waals surface area contributed by atoms with Gasteiger partial charge in [0.05, 0.1) is 12.8 Å². The predicted octanol–water partition coefficient (Wildman–Crippen LogP) is 3.79. The number of nitrogens with zero attached hydrogens (tertiary/aromatic N) is 1. The number of hydrogen-bond donors (Lipinski definition) is 0. The molecule has 2 aromatic carbocycles. The molecular formula is C19H18BrNO4. The topological polar surface area (TPSA) is 55.8 Å². The van der Waals surface area contributed by atoms with E-state index < -0.39 is 12.1 Å². The summed E-state index contributed by atoms with van der Waals surface area (Å²) in [5, 5.41) is 0. The molecule has 1 aliphatic heterocycles. The van der Waals surface area contributed by atoms with Gasteiger partial charge in [-0.25, -0.2) is 0 Å². The van der Waals surface area contributed by atoms with Gasteiger partial charge in [-0.3, -0.25) is 14.5 Å². The van der Waals surface area contributed by atoms with Gasteiger partial charge in [-0.05, 0) is 58.2 Å². The summed E-state index contributed by atoms with van der Waals surface area (Å²) in [7, 11) is 1.60. The first-order valence-corrected chi connectivity index (χ1v) is 8.62. The molecule has 0 spiro atoms. The van der Waals surface area contributed by atoms with Crippen molar-refractivity contribution < 1.29 is 19.1 Å². The minimum atomic E-state index is -0.820. The van der Waals surface area contributed by atoms with E-state index in [1.807, 2.05) is 49.4 Å². The SMILES string of the molecule is COc1ccc([C@H]2[C@H](OC(C)=O)C(=O)N2c2ccc(C)cc2Br)cc1. The molecule has 1 amide bonds. The van der Waals surface area contributed by atoms with Crippen LogP contribution in [0.15, 0.2) is 46.9 Å². The van der Waals surface area contributed by atoms with Gasteiger partial charge in [0.15, 0.2) is 0 Å². The molecule has 2 aromatic rings. The number of ether oxygens (including phenoxy) is 2. The van der Waals surface area contributed by atoms with Crippen molar-refractivity contribution in [2.24, 2.45) is 0 Å². The molecule has 3 rings (SSSR count). The Kier molecular flexibility index (Phi) is 4.81. The minimum absolute atomic E-state index is 0.236. The number of aryl methyl sites for hydroxylation is 1. The number of amides is 1. The van der Waals surface area contributed by atoms with E-state index >= 15 is 0 Å². The van der Waals surface area contributed by atoms with Gasteiger partial charge in [0, 0.05) is 11.4 Å². The van der Waals surface area contributed by atoms with Crippen LogP contribution in [0.3, 0.4) is 0 Å². The maximum absolute atomic E-state index is 12.6. The van der Waals surface area contributed by atoms with Gasteiger partial charge < -0.3 is 9.47 Å². The van der Waals surface area contributed by atoms with E-state index in [0.29, 0.717) is 0 Å². The Morgan fingerprint density at radius 2 is 1.84 bits per heavy atom. The Bertz CT molecular complexity index is 819. The van der Waals surface area contributed by atoms with Crippen LogP contribution in [-0.2, 0) is 14.3 Å². The molecule has 0 bridgehead atoms. The zero-order valence-corrected chi connectivity index (χ0v) is 15.7. The normalized spacial score (nSPS) is 19.4. The van der Waals surface area contributed by atoms with Crippen molar-refractivity contribution in [1.29, 1.82) is 0 Å². The third-order valence-corrected chi connectivity index (χ3v) is 4.79. The maximum atomic E-state index is 12.6. The molecule has 0 radical (unpaired) electrons. The molecule has 0 unspecified atom stereocenters. The van der Waals surface area contributed by atoms with Crippen molar-refractivity contribution in [1.82, 2.24) is 0 Å². The first kappa shape index (κ1) is 17.5. The third-order valence-electron chi connectivity index (χ3n) is 4.16. The van der Waals surface area contributed by atoms with Crippen molar-refractivity contribution in [3.05, 3.63) is 58.1 Å². The van der Waals surface area contributed by atoms with Crippen molar-refractivity contribution >= 4 is 33.5 Å². The molecule has 0 aliphatic carbocycles. The van der Waals surface area contributed by atoms with Crippen LogP contribution in [-0.4, -0.2) is 25.1 Å². The largest absolute Gasteiger partial charge is 0.497 e. The Morgan fingerprint density at radius 3 is 2.40 bits per heavy atom. The van der Waals surface area contributed by atoms with Crippen LogP contribution in [0.2, 0.25) is 0 Å². The van der Waals surface area contributed by atoms with E-state index in [2.05, 4.69) is 15.9 Å². The second kappa shape index (κ2) is 6.88. The lowest BCUT2D eigenvalue weighted by Crippen LogP contribution is -2.60. The van der Waals surface area contributed by atoms with Crippen molar-refractivity contribution in [3.8, 4) is 5.75 Å². The van der Waals surface area contributed by atoms with Crippen LogP contribution in [0, 0.1) is 6.92 Å². The van der Waals surface area contributed by atoms with E-state index in [0.717, 1.165) is 27.0 Å². The third kappa shape index (κ3) is 3.26. The summed E-state index contributed by atoms with van der Waals surface area (Å²) in [6, 6.07) is 12.8. The lowest BCUT2D eigenvalue weighted by molar-refractivity contribution is -0.160. The quantitative estimate of drug-likeness (QED) is 0.575. The van der Waals surface area contributed by atoms with Crippen LogP contribution >= 0.6 is 15.9 Å². The van der Waals surface area contributed by atoms with E-state index in [1.165, 1.54) is 6.92 Å². The van der Waals surface area contributed by atoms with Gasteiger partial charge in [-0.1, -0.05) is 18.2 Å². The lowest BCUT2D eigenvalue weighted by atomic mass is 9.89. The van der Waals surface area contributed by atoms with Gasteiger partial charge in [0.25, 0.3) is 5.91 Å². The average molecular weight is 404 g/mol. The fourth-order valence-corrected chi connectivity index (χ4v) is 3.64. The molecule has 1 saturated heterocycles. The fourth-order valence-electron chi connectivity index (χ4n) is 2.96. The van der Waals surface area contributed by atoms with Gasteiger partial charge in [0.2, 0.25) is 6.10 Å². The van der Waals surface area contributed by atoms with Crippen LogP contribution < -0.4 is 9.64 Å². The summed E-state index contributed by atoms with van der Waals surface area (Å²) in [5.41, 5.74) is 2.71. The number of benzene rings is 2.